The summed E-state index contributed by atoms with van der Waals surface area (Å²) in [5.74, 6) is -0.879. The normalized spacial score (nSPS) is 14.3. The molecule has 0 amide bonds. The smallest absolute Gasteiger partial charge is 0.306 e. The standard InChI is InChI=1S/C42H74NO8P/c1-6-8-10-12-14-16-18-20-21-23-24-26-28-30-32-34-41(44)48-38-40(39-50-52(46,47)49-37-36-43(3,4)5)51-42(45)35-33-31-29-27-25-22-19-17-15-13-11-9-7-2/h9,11,13-20,40H,6-8,10,12,21-39H2,1-5H3/b11-9+,15-13+,16-14+,19-17+,20-18+. The van der Waals surface area contributed by atoms with Crippen LogP contribution >= 0.6 is 7.82 Å². The van der Waals surface area contributed by atoms with E-state index in [0.717, 1.165) is 83.5 Å². The second kappa shape index (κ2) is 34.5. The van der Waals surface area contributed by atoms with Crippen LogP contribution in [-0.2, 0) is 32.7 Å². The Morgan fingerprint density at radius 2 is 1.10 bits per heavy atom. The van der Waals surface area contributed by atoms with Crippen LogP contribution in [0.25, 0.3) is 0 Å². The molecule has 0 rings (SSSR count). The molecule has 0 radical (unpaired) electrons. The number of carbonyl (C=O) groups excluding carboxylic acids is 2. The number of likely N-dealkylation sites (N-methyl/N-ethyl adjacent to an activating group) is 1. The minimum absolute atomic E-state index is 0.0401. The number of hydrogen-bond acceptors (Lipinski definition) is 8. The number of phosphoric acid groups is 1. The molecule has 0 aliphatic heterocycles. The second-order valence-corrected chi connectivity index (χ2v) is 15.8. The quantitative estimate of drug-likeness (QED) is 0.0207. The van der Waals surface area contributed by atoms with Crippen molar-refractivity contribution in [1.82, 2.24) is 0 Å². The third-order valence-electron chi connectivity index (χ3n) is 8.11. The van der Waals surface area contributed by atoms with Crippen LogP contribution in [0.15, 0.2) is 60.8 Å². The Morgan fingerprint density at radius 1 is 0.615 bits per heavy atom. The largest absolute Gasteiger partial charge is 0.756 e. The lowest BCUT2D eigenvalue weighted by Gasteiger charge is -2.28. The fourth-order valence-corrected chi connectivity index (χ4v) is 5.67. The lowest BCUT2D eigenvalue weighted by molar-refractivity contribution is -0.870. The molecule has 0 aliphatic rings. The maximum absolute atomic E-state index is 12.6. The Bertz CT molecular complexity index is 1080. The summed E-state index contributed by atoms with van der Waals surface area (Å²) in [4.78, 5) is 37.4. The molecule has 0 saturated heterocycles. The van der Waals surface area contributed by atoms with Crippen molar-refractivity contribution in [3.05, 3.63) is 60.8 Å². The highest BCUT2D eigenvalue weighted by molar-refractivity contribution is 7.45. The summed E-state index contributed by atoms with van der Waals surface area (Å²) in [6.45, 7) is 4.00. The summed E-state index contributed by atoms with van der Waals surface area (Å²) in [6, 6.07) is 0. The number of hydrogen-bond donors (Lipinski definition) is 0. The van der Waals surface area contributed by atoms with Crippen molar-refractivity contribution >= 4 is 19.8 Å². The molecule has 0 aromatic carbocycles. The lowest BCUT2D eigenvalue weighted by Crippen LogP contribution is -2.37. The molecule has 0 bridgehead atoms. The average Bonchev–Trinajstić information content (AvgIpc) is 3.09. The van der Waals surface area contributed by atoms with Crippen LogP contribution in [0.1, 0.15) is 142 Å². The van der Waals surface area contributed by atoms with E-state index in [2.05, 4.69) is 56.4 Å². The molecule has 0 spiro atoms. The highest BCUT2D eigenvalue weighted by atomic mass is 31.2. The molecule has 0 aromatic rings. The number of rotatable bonds is 35. The highest BCUT2D eigenvalue weighted by Crippen LogP contribution is 2.38. The number of carbonyl (C=O) groups is 2. The molecule has 10 heteroatoms. The molecular formula is C42H74NO8P. The van der Waals surface area contributed by atoms with Gasteiger partial charge < -0.3 is 27.9 Å². The van der Waals surface area contributed by atoms with Gasteiger partial charge in [0.15, 0.2) is 6.10 Å². The molecule has 9 nitrogen and oxygen atoms in total. The molecule has 0 aromatic heterocycles. The van der Waals surface area contributed by atoms with Crippen molar-refractivity contribution in [3.63, 3.8) is 0 Å². The molecule has 300 valence electrons. The molecule has 0 saturated carbocycles. The highest BCUT2D eigenvalue weighted by Gasteiger charge is 2.21. The number of nitrogens with zero attached hydrogens (tertiary/aromatic N) is 1. The van der Waals surface area contributed by atoms with E-state index < -0.39 is 32.5 Å². The van der Waals surface area contributed by atoms with Gasteiger partial charge in [-0.1, -0.05) is 132 Å². The van der Waals surface area contributed by atoms with Crippen LogP contribution in [0.5, 0.6) is 0 Å². The third kappa shape index (κ3) is 37.5. The fraction of sp³-hybridized carbons (Fsp3) is 0.714. The zero-order chi connectivity index (χ0) is 38.6. The van der Waals surface area contributed by atoms with E-state index in [9.17, 15) is 19.0 Å². The Morgan fingerprint density at radius 3 is 1.63 bits per heavy atom. The molecular weight excluding hydrogens is 677 g/mol. The van der Waals surface area contributed by atoms with Crippen LogP contribution in [-0.4, -0.2) is 70.0 Å². The molecule has 2 unspecified atom stereocenters. The summed E-state index contributed by atoms with van der Waals surface area (Å²) in [5, 5.41) is 0. The predicted octanol–water partition coefficient (Wildman–Crippen LogP) is 10.3. The van der Waals surface area contributed by atoms with Gasteiger partial charge in [0.2, 0.25) is 0 Å². The number of quaternary nitrogens is 1. The first-order valence-corrected chi connectivity index (χ1v) is 21.5. The van der Waals surface area contributed by atoms with Crippen molar-refractivity contribution in [2.75, 3.05) is 47.5 Å². The number of esters is 2. The lowest BCUT2D eigenvalue weighted by atomic mass is 10.1. The van der Waals surface area contributed by atoms with Gasteiger partial charge in [-0.25, -0.2) is 0 Å². The Kier molecular flexibility index (Phi) is 33.0. The first-order valence-electron chi connectivity index (χ1n) is 20.0. The van der Waals surface area contributed by atoms with Crippen LogP contribution in [0.4, 0.5) is 0 Å². The summed E-state index contributed by atoms with van der Waals surface area (Å²) in [7, 11) is 1.13. The van der Waals surface area contributed by atoms with Crippen LogP contribution in [0.2, 0.25) is 0 Å². The predicted molar refractivity (Wildman–Crippen MR) is 213 cm³/mol. The first kappa shape index (κ1) is 49.7. The van der Waals surface area contributed by atoms with Crippen molar-refractivity contribution in [2.45, 2.75) is 148 Å². The monoisotopic (exact) mass is 752 g/mol. The van der Waals surface area contributed by atoms with Gasteiger partial charge in [0.25, 0.3) is 7.82 Å². The molecule has 52 heavy (non-hydrogen) atoms. The van der Waals surface area contributed by atoms with E-state index in [4.69, 9.17) is 18.5 Å². The molecule has 0 N–H and O–H groups in total. The van der Waals surface area contributed by atoms with Gasteiger partial charge in [0.05, 0.1) is 27.7 Å². The third-order valence-corrected chi connectivity index (χ3v) is 9.07. The van der Waals surface area contributed by atoms with Gasteiger partial charge in [-0.15, -0.1) is 0 Å². The van der Waals surface area contributed by atoms with Crippen LogP contribution in [0.3, 0.4) is 0 Å². The number of allylic oxidation sites excluding steroid dienone is 10. The van der Waals surface area contributed by atoms with E-state index >= 15 is 0 Å². The van der Waals surface area contributed by atoms with Gasteiger partial charge >= 0.3 is 11.9 Å². The van der Waals surface area contributed by atoms with E-state index in [1.165, 1.54) is 19.3 Å². The number of unbranched alkanes of at least 4 members (excludes halogenated alkanes) is 14. The zero-order valence-electron chi connectivity index (χ0n) is 33.5. The minimum atomic E-state index is -4.63. The maximum atomic E-state index is 12.6. The van der Waals surface area contributed by atoms with Crippen molar-refractivity contribution in [2.24, 2.45) is 0 Å². The Hall–Kier alpha value is -2.29. The molecule has 0 fully saturated rings. The SMILES string of the molecule is CC/C=C/C=C/C=C/CCCCCCCC(=O)OC(COC(=O)CCCCCCCC/C=C/C=C/CCCCC)COP(=O)([O-])OCC[N+](C)(C)C. The maximum Gasteiger partial charge on any atom is 0.306 e. The Labute approximate surface area is 317 Å². The van der Waals surface area contributed by atoms with Crippen molar-refractivity contribution < 1.29 is 42.1 Å². The van der Waals surface area contributed by atoms with Gasteiger partial charge in [-0.3, -0.25) is 14.2 Å². The second-order valence-electron chi connectivity index (χ2n) is 14.4. The van der Waals surface area contributed by atoms with E-state index in [0.29, 0.717) is 23.9 Å². The van der Waals surface area contributed by atoms with E-state index in [1.54, 1.807) is 0 Å². The van der Waals surface area contributed by atoms with E-state index in [-0.39, 0.29) is 26.1 Å². The van der Waals surface area contributed by atoms with Crippen molar-refractivity contribution in [1.29, 1.82) is 0 Å². The number of phosphoric ester groups is 1. The summed E-state index contributed by atoms with van der Waals surface area (Å²) in [5.41, 5.74) is 0. The van der Waals surface area contributed by atoms with Crippen LogP contribution < -0.4 is 4.89 Å². The van der Waals surface area contributed by atoms with Crippen molar-refractivity contribution in [3.8, 4) is 0 Å². The first-order chi connectivity index (χ1) is 25.0. The molecule has 0 heterocycles. The fourth-order valence-electron chi connectivity index (χ4n) is 4.94. The summed E-state index contributed by atoms with van der Waals surface area (Å²) in [6.07, 6.45) is 39.6. The van der Waals surface area contributed by atoms with E-state index in [1.807, 2.05) is 39.4 Å². The summed E-state index contributed by atoms with van der Waals surface area (Å²) < 4.78 is 33.8. The minimum Gasteiger partial charge on any atom is -0.756 e. The number of ether oxygens (including phenoxy) is 2. The summed E-state index contributed by atoms with van der Waals surface area (Å²) >= 11 is 0. The average molecular weight is 752 g/mol. The topological polar surface area (TPSA) is 111 Å². The zero-order valence-corrected chi connectivity index (χ0v) is 34.4. The van der Waals surface area contributed by atoms with Gasteiger partial charge in [0.1, 0.15) is 19.8 Å². The van der Waals surface area contributed by atoms with Gasteiger partial charge in [-0.2, -0.15) is 0 Å². The molecule has 0 aliphatic carbocycles. The van der Waals surface area contributed by atoms with Gasteiger partial charge in [0, 0.05) is 12.8 Å². The Balaban J connectivity index is 4.47. The van der Waals surface area contributed by atoms with Gasteiger partial charge in [-0.05, 0) is 57.8 Å². The molecule has 2 atom stereocenters. The van der Waals surface area contributed by atoms with Crippen LogP contribution in [0, 0.1) is 0 Å².